The highest BCUT2D eigenvalue weighted by atomic mass is 16.5. The van der Waals surface area contributed by atoms with Crippen LogP contribution < -0.4 is 0 Å². The summed E-state index contributed by atoms with van der Waals surface area (Å²) in [6.45, 7) is 9.68. The Morgan fingerprint density at radius 2 is 1.35 bits per heavy atom. The van der Waals surface area contributed by atoms with Crippen LogP contribution in [0.3, 0.4) is 0 Å². The average Bonchev–Trinajstić information content (AvgIpc) is 2.48. The molecule has 0 saturated heterocycles. The lowest BCUT2D eigenvalue weighted by molar-refractivity contribution is -0.134. The van der Waals surface area contributed by atoms with Crippen molar-refractivity contribution in [1.29, 1.82) is 0 Å². The highest BCUT2D eigenvalue weighted by molar-refractivity contribution is 5.37. The van der Waals surface area contributed by atoms with Crippen LogP contribution in [0.1, 0.15) is 91.9 Å². The van der Waals surface area contributed by atoms with Gasteiger partial charge in [-0.25, -0.2) is 0 Å². The smallest absolute Gasteiger partial charge is 0.293 e. The minimum absolute atomic E-state index is 0.142. The van der Waals surface area contributed by atoms with E-state index in [0.717, 1.165) is 24.7 Å². The van der Waals surface area contributed by atoms with Crippen molar-refractivity contribution >= 4 is 6.47 Å². The fraction of sp³-hybridized carbons (Fsp3) is 0.944. The molecule has 0 bridgehead atoms. The van der Waals surface area contributed by atoms with Gasteiger partial charge in [-0.1, -0.05) is 66.2 Å². The normalized spacial score (nSPS) is 14.2. The molecule has 0 aromatic heterocycles. The molecule has 20 heavy (non-hydrogen) atoms. The van der Waals surface area contributed by atoms with E-state index in [-0.39, 0.29) is 6.10 Å². The van der Waals surface area contributed by atoms with Gasteiger partial charge in [0, 0.05) is 0 Å². The SMILES string of the molecule is CCCC[C@@H](CC)CC[C@@H](CCC(CC)CC)OC=O. The van der Waals surface area contributed by atoms with E-state index in [2.05, 4.69) is 27.7 Å². The summed E-state index contributed by atoms with van der Waals surface area (Å²) >= 11 is 0. The molecular formula is C18H36O2. The molecule has 0 aliphatic carbocycles. The molecule has 120 valence electrons. The van der Waals surface area contributed by atoms with Crippen LogP contribution in [0.4, 0.5) is 0 Å². The summed E-state index contributed by atoms with van der Waals surface area (Å²) in [5.74, 6) is 1.59. The van der Waals surface area contributed by atoms with E-state index in [1.807, 2.05) is 0 Å². The standard InChI is InChI=1S/C18H36O2/c1-5-9-10-17(8-4)12-14-18(20-15-19)13-11-16(6-2)7-3/h15-18H,5-14H2,1-4H3/t17-,18-/m1/s1. The lowest BCUT2D eigenvalue weighted by atomic mass is 9.90. The van der Waals surface area contributed by atoms with Gasteiger partial charge in [0.05, 0.1) is 0 Å². The topological polar surface area (TPSA) is 26.3 Å². The van der Waals surface area contributed by atoms with Crippen molar-refractivity contribution in [2.24, 2.45) is 11.8 Å². The second-order valence-corrected chi connectivity index (χ2v) is 6.11. The van der Waals surface area contributed by atoms with E-state index in [1.54, 1.807) is 0 Å². The Hall–Kier alpha value is -0.530. The number of hydrogen-bond donors (Lipinski definition) is 0. The minimum atomic E-state index is 0.142. The van der Waals surface area contributed by atoms with Crippen molar-refractivity contribution < 1.29 is 9.53 Å². The van der Waals surface area contributed by atoms with Gasteiger partial charge in [-0.15, -0.1) is 0 Å². The highest BCUT2D eigenvalue weighted by Crippen LogP contribution is 2.23. The van der Waals surface area contributed by atoms with E-state index >= 15 is 0 Å². The van der Waals surface area contributed by atoms with Gasteiger partial charge in [-0.05, 0) is 37.5 Å². The van der Waals surface area contributed by atoms with Gasteiger partial charge >= 0.3 is 0 Å². The maximum atomic E-state index is 10.7. The van der Waals surface area contributed by atoms with Gasteiger partial charge in [0.25, 0.3) is 6.47 Å². The second-order valence-electron chi connectivity index (χ2n) is 6.11. The molecule has 2 nitrogen and oxygen atoms in total. The molecule has 2 heteroatoms. The van der Waals surface area contributed by atoms with Crippen molar-refractivity contribution in [2.75, 3.05) is 0 Å². The van der Waals surface area contributed by atoms with Crippen LogP contribution in [0, 0.1) is 11.8 Å². The first-order valence-electron chi connectivity index (χ1n) is 8.80. The molecule has 0 spiro atoms. The fourth-order valence-corrected chi connectivity index (χ4v) is 2.94. The lowest BCUT2D eigenvalue weighted by Crippen LogP contribution is -2.16. The molecule has 0 fully saturated rings. The predicted octanol–water partition coefficient (Wildman–Crippen LogP) is 5.74. The Kier molecular flexibility index (Phi) is 13.1. The third-order valence-electron chi connectivity index (χ3n) is 4.74. The monoisotopic (exact) mass is 284 g/mol. The molecule has 0 rings (SSSR count). The maximum absolute atomic E-state index is 10.7. The lowest BCUT2D eigenvalue weighted by Gasteiger charge is -2.21. The molecule has 0 aliphatic rings. The summed E-state index contributed by atoms with van der Waals surface area (Å²) in [5, 5.41) is 0. The van der Waals surface area contributed by atoms with Crippen molar-refractivity contribution in [1.82, 2.24) is 0 Å². The summed E-state index contributed by atoms with van der Waals surface area (Å²) in [6, 6.07) is 0. The average molecular weight is 284 g/mol. The molecule has 0 radical (unpaired) electrons. The fourth-order valence-electron chi connectivity index (χ4n) is 2.94. The Balaban J connectivity index is 4.07. The Morgan fingerprint density at radius 3 is 1.80 bits per heavy atom. The van der Waals surface area contributed by atoms with Gasteiger partial charge in [0.1, 0.15) is 6.10 Å². The molecule has 0 aromatic carbocycles. The molecule has 0 aliphatic heterocycles. The zero-order valence-electron chi connectivity index (χ0n) is 14.2. The predicted molar refractivity (Wildman–Crippen MR) is 86.8 cm³/mol. The molecule has 0 saturated carbocycles. The van der Waals surface area contributed by atoms with Gasteiger partial charge in [0.15, 0.2) is 0 Å². The first-order chi connectivity index (χ1) is 9.71. The molecule has 0 heterocycles. The minimum Gasteiger partial charge on any atom is -0.465 e. The van der Waals surface area contributed by atoms with Crippen LogP contribution in [0.5, 0.6) is 0 Å². The summed E-state index contributed by atoms with van der Waals surface area (Å²) in [4.78, 5) is 10.7. The van der Waals surface area contributed by atoms with E-state index in [9.17, 15) is 4.79 Å². The summed E-state index contributed by atoms with van der Waals surface area (Å²) < 4.78 is 5.30. The largest absolute Gasteiger partial charge is 0.465 e. The van der Waals surface area contributed by atoms with Crippen LogP contribution in [0.25, 0.3) is 0 Å². The van der Waals surface area contributed by atoms with Crippen LogP contribution >= 0.6 is 0 Å². The summed E-state index contributed by atoms with van der Waals surface area (Å²) in [7, 11) is 0. The Bertz CT molecular complexity index is 211. The van der Waals surface area contributed by atoms with Gasteiger partial charge in [0.2, 0.25) is 0 Å². The van der Waals surface area contributed by atoms with Crippen LogP contribution in [0.15, 0.2) is 0 Å². The van der Waals surface area contributed by atoms with Gasteiger partial charge in [-0.3, -0.25) is 4.79 Å². The zero-order chi connectivity index (χ0) is 15.2. The molecule has 0 unspecified atom stereocenters. The van der Waals surface area contributed by atoms with E-state index < -0.39 is 0 Å². The molecule has 0 N–H and O–H groups in total. The maximum Gasteiger partial charge on any atom is 0.293 e. The quantitative estimate of drug-likeness (QED) is 0.380. The third-order valence-corrected chi connectivity index (χ3v) is 4.74. The number of unbranched alkanes of at least 4 members (excludes halogenated alkanes) is 1. The third kappa shape index (κ3) is 9.39. The van der Waals surface area contributed by atoms with E-state index in [0.29, 0.717) is 6.47 Å². The molecule has 0 aromatic rings. The highest BCUT2D eigenvalue weighted by Gasteiger charge is 2.15. The van der Waals surface area contributed by atoms with E-state index in [4.69, 9.17) is 4.74 Å². The van der Waals surface area contributed by atoms with Crippen LogP contribution in [-0.4, -0.2) is 12.6 Å². The first-order valence-corrected chi connectivity index (χ1v) is 8.80. The number of carbonyl (C=O) groups is 1. The van der Waals surface area contributed by atoms with Crippen molar-refractivity contribution in [2.45, 2.75) is 98.0 Å². The summed E-state index contributed by atoms with van der Waals surface area (Å²) in [6.07, 6.45) is 12.3. The number of carbonyl (C=O) groups excluding carboxylic acids is 1. The number of rotatable bonds is 14. The van der Waals surface area contributed by atoms with E-state index in [1.165, 1.54) is 51.4 Å². The number of hydrogen-bond acceptors (Lipinski definition) is 2. The first kappa shape index (κ1) is 19.5. The molecular weight excluding hydrogens is 248 g/mol. The van der Waals surface area contributed by atoms with Gasteiger partial charge < -0.3 is 4.74 Å². The number of ether oxygens (including phenoxy) is 1. The second kappa shape index (κ2) is 13.5. The molecule has 0 amide bonds. The van der Waals surface area contributed by atoms with Gasteiger partial charge in [-0.2, -0.15) is 0 Å². The zero-order valence-corrected chi connectivity index (χ0v) is 14.2. The summed E-state index contributed by atoms with van der Waals surface area (Å²) in [5.41, 5.74) is 0. The Labute approximate surface area is 126 Å². The van der Waals surface area contributed by atoms with Crippen molar-refractivity contribution in [3.05, 3.63) is 0 Å². The molecule has 2 atom stereocenters. The Morgan fingerprint density at radius 1 is 0.800 bits per heavy atom. The van der Waals surface area contributed by atoms with Crippen molar-refractivity contribution in [3.63, 3.8) is 0 Å². The van der Waals surface area contributed by atoms with Crippen LogP contribution in [0.2, 0.25) is 0 Å². The van der Waals surface area contributed by atoms with Crippen molar-refractivity contribution in [3.8, 4) is 0 Å². The van der Waals surface area contributed by atoms with Crippen LogP contribution in [-0.2, 0) is 9.53 Å².